The summed E-state index contributed by atoms with van der Waals surface area (Å²) in [6.07, 6.45) is 4.22. The third kappa shape index (κ3) is 4.15. The van der Waals surface area contributed by atoms with Gasteiger partial charge in [0.2, 0.25) is 0 Å². The molecule has 0 spiro atoms. The number of carbonyl (C=O) groups is 1. The Hall–Kier alpha value is -2.33. The average Bonchev–Trinajstić information content (AvgIpc) is 3.23. The van der Waals surface area contributed by atoms with Crippen LogP contribution in [0.15, 0.2) is 58.7 Å². The molecule has 2 aromatic heterocycles. The highest BCUT2D eigenvalue weighted by Crippen LogP contribution is 2.16. The van der Waals surface area contributed by atoms with Crippen molar-refractivity contribution >= 4 is 17.2 Å². The summed E-state index contributed by atoms with van der Waals surface area (Å²) in [7, 11) is 0. The quantitative estimate of drug-likeness (QED) is 0.643. The molecule has 124 valence electrons. The van der Waals surface area contributed by atoms with E-state index in [1.807, 2.05) is 43.0 Å². The Morgan fingerprint density at radius 2 is 1.96 bits per heavy atom. The van der Waals surface area contributed by atoms with Gasteiger partial charge >= 0.3 is 0 Å². The Labute approximate surface area is 146 Å². The molecule has 0 fully saturated rings. The van der Waals surface area contributed by atoms with Gasteiger partial charge in [0.15, 0.2) is 0 Å². The summed E-state index contributed by atoms with van der Waals surface area (Å²) in [5, 5.41) is 2.07. The summed E-state index contributed by atoms with van der Waals surface area (Å²) < 4.78 is 5.15. The first-order chi connectivity index (χ1) is 11.6. The number of nitrogens with zero attached hydrogens (tertiary/aromatic N) is 1. The Balaban J connectivity index is 1.80. The minimum Gasteiger partial charge on any atom is -0.472 e. The first kappa shape index (κ1) is 16.5. The van der Waals surface area contributed by atoms with E-state index < -0.39 is 0 Å². The fraction of sp³-hybridized carbons (Fsp3) is 0.250. The zero-order valence-electron chi connectivity index (χ0n) is 14.0. The fourth-order valence-electron chi connectivity index (χ4n) is 2.84. The standard InChI is InChI=1S/C20H21NO2S/c1-15-10-16(2)12-18(11-15)20(22)21(13-17-6-8-23-14-17)7-5-19-4-3-9-24-19/h3-4,6,8-12,14H,5,7,13H2,1-2H3. The largest absolute Gasteiger partial charge is 0.472 e. The third-order valence-electron chi connectivity index (χ3n) is 3.92. The lowest BCUT2D eigenvalue weighted by molar-refractivity contribution is 0.0745. The van der Waals surface area contributed by atoms with Crippen LogP contribution < -0.4 is 0 Å². The van der Waals surface area contributed by atoms with E-state index in [9.17, 15) is 4.79 Å². The molecule has 3 rings (SSSR count). The van der Waals surface area contributed by atoms with Crippen LogP contribution in [0.3, 0.4) is 0 Å². The first-order valence-corrected chi connectivity index (χ1v) is 8.91. The van der Waals surface area contributed by atoms with Crippen LogP contribution in [0.25, 0.3) is 0 Å². The van der Waals surface area contributed by atoms with Crippen LogP contribution in [0.2, 0.25) is 0 Å². The second-order valence-corrected chi connectivity index (χ2v) is 7.10. The fourth-order valence-corrected chi connectivity index (χ4v) is 3.53. The van der Waals surface area contributed by atoms with Gasteiger partial charge in [-0.25, -0.2) is 0 Å². The second-order valence-electron chi connectivity index (χ2n) is 6.06. The molecule has 0 aliphatic heterocycles. The van der Waals surface area contributed by atoms with Crippen LogP contribution in [0.1, 0.15) is 31.9 Å². The summed E-state index contributed by atoms with van der Waals surface area (Å²) in [4.78, 5) is 16.2. The predicted octanol–water partition coefficient (Wildman–Crippen LogP) is 4.84. The van der Waals surface area contributed by atoms with Gasteiger partial charge < -0.3 is 9.32 Å². The molecule has 0 N–H and O–H groups in total. The summed E-state index contributed by atoms with van der Waals surface area (Å²) in [5.74, 6) is 0.0690. The maximum atomic E-state index is 13.0. The van der Waals surface area contributed by atoms with Crippen LogP contribution >= 0.6 is 11.3 Å². The Bertz CT molecular complexity index is 771. The van der Waals surface area contributed by atoms with Crippen molar-refractivity contribution in [1.82, 2.24) is 4.90 Å². The highest BCUT2D eigenvalue weighted by molar-refractivity contribution is 7.09. The molecular weight excluding hydrogens is 318 g/mol. The van der Waals surface area contributed by atoms with E-state index in [2.05, 4.69) is 17.5 Å². The molecule has 3 aromatic rings. The lowest BCUT2D eigenvalue weighted by atomic mass is 10.1. The summed E-state index contributed by atoms with van der Waals surface area (Å²) in [5.41, 5.74) is 3.99. The van der Waals surface area contributed by atoms with Gasteiger partial charge in [-0.15, -0.1) is 11.3 Å². The highest BCUT2D eigenvalue weighted by Gasteiger charge is 2.17. The molecular formula is C20H21NO2S. The summed E-state index contributed by atoms with van der Waals surface area (Å²) in [6.45, 7) is 5.30. The Kier molecular flexibility index (Phi) is 5.16. The van der Waals surface area contributed by atoms with E-state index in [1.165, 1.54) is 4.88 Å². The van der Waals surface area contributed by atoms with Gasteiger partial charge in [0, 0.05) is 29.1 Å². The van der Waals surface area contributed by atoms with Crippen molar-refractivity contribution in [2.45, 2.75) is 26.8 Å². The summed E-state index contributed by atoms with van der Waals surface area (Å²) in [6, 6.07) is 12.1. The Morgan fingerprint density at radius 1 is 1.17 bits per heavy atom. The zero-order valence-corrected chi connectivity index (χ0v) is 14.8. The molecule has 4 heteroatoms. The van der Waals surface area contributed by atoms with Crippen molar-refractivity contribution < 1.29 is 9.21 Å². The van der Waals surface area contributed by atoms with Gasteiger partial charge in [0.25, 0.3) is 5.91 Å². The molecule has 0 unspecified atom stereocenters. The predicted molar refractivity (Wildman–Crippen MR) is 97.4 cm³/mol. The molecule has 0 bridgehead atoms. The van der Waals surface area contributed by atoms with Gasteiger partial charge in [-0.3, -0.25) is 4.79 Å². The van der Waals surface area contributed by atoms with E-state index in [0.29, 0.717) is 13.1 Å². The van der Waals surface area contributed by atoms with E-state index in [4.69, 9.17) is 4.42 Å². The van der Waals surface area contributed by atoms with Crippen molar-refractivity contribution in [3.8, 4) is 0 Å². The van der Waals surface area contributed by atoms with Gasteiger partial charge in [0.05, 0.1) is 12.5 Å². The van der Waals surface area contributed by atoms with Crippen LogP contribution in [0, 0.1) is 13.8 Å². The van der Waals surface area contributed by atoms with Crippen molar-refractivity contribution in [3.05, 3.63) is 81.4 Å². The maximum Gasteiger partial charge on any atom is 0.254 e. The van der Waals surface area contributed by atoms with Gasteiger partial charge in [0.1, 0.15) is 0 Å². The molecule has 0 aliphatic carbocycles. The molecule has 0 atom stereocenters. The minimum absolute atomic E-state index is 0.0690. The SMILES string of the molecule is Cc1cc(C)cc(C(=O)N(CCc2cccs2)Cc2ccoc2)c1. The molecule has 0 saturated carbocycles. The number of amides is 1. The van der Waals surface area contributed by atoms with Crippen LogP contribution in [-0.4, -0.2) is 17.4 Å². The molecule has 1 amide bonds. The summed E-state index contributed by atoms with van der Waals surface area (Å²) >= 11 is 1.73. The first-order valence-electron chi connectivity index (χ1n) is 8.03. The third-order valence-corrected chi connectivity index (χ3v) is 4.85. The average molecular weight is 339 g/mol. The van der Waals surface area contributed by atoms with Gasteiger partial charge in [-0.05, 0) is 49.9 Å². The lowest BCUT2D eigenvalue weighted by Gasteiger charge is -2.22. The second kappa shape index (κ2) is 7.49. The number of furan rings is 1. The van der Waals surface area contributed by atoms with Crippen LogP contribution in [-0.2, 0) is 13.0 Å². The lowest BCUT2D eigenvalue weighted by Crippen LogP contribution is -2.32. The zero-order chi connectivity index (χ0) is 16.9. The molecule has 3 nitrogen and oxygen atoms in total. The van der Waals surface area contributed by atoms with E-state index in [-0.39, 0.29) is 5.91 Å². The van der Waals surface area contributed by atoms with Crippen molar-refractivity contribution in [3.63, 3.8) is 0 Å². The molecule has 0 aliphatic rings. The van der Waals surface area contributed by atoms with Crippen molar-refractivity contribution in [2.75, 3.05) is 6.54 Å². The topological polar surface area (TPSA) is 33.5 Å². The maximum absolute atomic E-state index is 13.0. The highest BCUT2D eigenvalue weighted by atomic mass is 32.1. The number of benzene rings is 1. The normalized spacial score (nSPS) is 10.8. The molecule has 1 aromatic carbocycles. The molecule has 0 radical (unpaired) electrons. The van der Waals surface area contributed by atoms with Crippen molar-refractivity contribution in [2.24, 2.45) is 0 Å². The molecule has 0 saturated heterocycles. The number of carbonyl (C=O) groups excluding carboxylic acids is 1. The van der Waals surface area contributed by atoms with Crippen LogP contribution in [0.4, 0.5) is 0 Å². The van der Waals surface area contributed by atoms with E-state index in [1.54, 1.807) is 23.9 Å². The van der Waals surface area contributed by atoms with E-state index in [0.717, 1.165) is 28.7 Å². The number of thiophene rings is 1. The smallest absolute Gasteiger partial charge is 0.254 e. The Morgan fingerprint density at radius 3 is 2.58 bits per heavy atom. The van der Waals surface area contributed by atoms with Gasteiger partial charge in [-0.2, -0.15) is 0 Å². The van der Waals surface area contributed by atoms with E-state index >= 15 is 0 Å². The van der Waals surface area contributed by atoms with Crippen molar-refractivity contribution in [1.29, 1.82) is 0 Å². The molecule has 2 heterocycles. The number of hydrogen-bond acceptors (Lipinski definition) is 3. The molecule has 24 heavy (non-hydrogen) atoms. The number of rotatable bonds is 6. The minimum atomic E-state index is 0.0690. The van der Waals surface area contributed by atoms with Crippen LogP contribution in [0.5, 0.6) is 0 Å². The number of aryl methyl sites for hydroxylation is 2. The monoisotopic (exact) mass is 339 g/mol. The number of hydrogen-bond donors (Lipinski definition) is 0. The van der Waals surface area contributed by atoms with Gasteiger partial charge in [-0.1, -0.05) is 23.3 Å².